The van der Waals surface area contributed by atoms with Crippen LogP contribution in [0.5, 0.6) is 17.2 Å². The number of hydrogen-bond donors (Lipinski definition) is 1. The number of ether oxygens (including phenoxy) is 3. The summed E-state index contributed by atoms with van der Waals surface area (Å²) in [5.74, 6) is 1.99. The molecule has 0 spiro atoms. The van der Waals surface area contributed by atoms with E-state index in [0.717, 1.165) is 11.1 Å². The zero-order valence-corrected chi connectivity index (χ0v) is 18.5. The smallest absolute Gasteiger partial charge is 0.262 e. The number of rotatable bonds is 8. The molecule has 0 saturated heterocycles. The molecule has 1 N–H and O–H groups in total. The first-order chi connectivity index (χ1) is 16.1. The predicted molar refractivity (Wildman–Crippen MR) is 124 cm³/mol. The number of nitrogens with zero attached hydrogens (tertiary/aromatic N) is 2. The summed E-state index contributed by atoms with van der Waals surface area (Å²) < 4.78 is 21.7. The van der Waals surface area contributed by atoms with Gasteiger partial charge in [0, 0.05) is 11.6 Å². The first-order valence-corrected chi connectivity index (χ1v) is 10.2. The van der Waals surface area contributed by atoms with Crippen molar-refractivity contribution in [3.63, 3.8) is 0 Å². The number of benzene rings is 3. The molecule has 4 rings (SSSR count). The molecule has 0 radical (unpaired) electrons. The van der Waals surface area contributed by atoms with Gasteiger partial charge in [-0.3, -0.25) is 4.79 Å². The molecule has 1 aromatic heterocycles. The minimum atomic E-state index is -0.348. The van der Waals surface area contributed by atoms with Gasteiger partial charge < -0.3 is 24.1 Å². The summed E-state index contributed by atoms with van der Waals surface area (Å²) in [5.41, 5.74) is 3.10. The van der Waals surface area contributed by atoms with Gasteiger partial charge in [-0.05, 0) is 31.2 Å². The number of carbonyl (C=O) groups is 1. The van der Waals surface area contributed by atoms with Crippen molar-refractivity contribution in [2.24, 2.45) is 0 Å². The fraction of sp³-hybridized carbons (Fsp3) is 0.160. The van der Waals surface area contributed by atoms with Crippen molar-refractivity contribution < 1.29 is 23.5 Å². The number of hydrogen-bond acceptors (Lipinski definition) is 7. The van der Waals surface area contributed by atoms with Crippen molar-refractivity contribution in [2.45, 2.75) is 6.92 Å². The monoisotopic (exact) mass is 445 g/mol. The molecule has 0 fully saturated rings. The highest BCUT2D eigenvalue weighted by Gasteiger charge is 2.16. The van der Waals surface area contributed by atoms with Crippen molar-refractivity contribution in [3.05, 3.63) is 72.3 Å². The maximum atomic E-state index is 12.5. The lowest BCUT2D eigenvalue weighted by Crippen LogP contribution is -2.20. The molecule has 8 nitrogen and oxygen atoms in total. The first kappa shape index (κ1) is 21.9. The number of para-hydroxylation sites is 1. The maximum absolute atomic E-state index is 12.5. The molecule has 8 heteroatoms. The number of aromatic nitrogens is 2. The summed E-state index contributed by atoms with van der Waals surface area (Å²) in [7, 11) is 3.08. The molecule has 1 amide bonds. The molecule has 33 heavy (non-hydrogen) atoms. The minimum Gasteiger partial charge on any atom is -0.497 e. The number of amides is 1. The van der Waals surface area contributed by atoms with Crippen LogP contribution in [0.25, 0.3) is 22.8 Å². The molecule has 0 aliphatic carbocycles. The van der Waals surface area contributed by atoms with Crippen molar-refractivity contribution >= 4 is 11.6 Å². The normalized spacial score (nSPS) is 10.5. The molecule has 0 aliphatic heterocycles. The summed E-state index contributed by atoms with van der Waals surface area (Å²) in [4.78, 5) is 17.0. The zero-order chi connectivity index (χ0) is 23.2. The fourth-order valence-electron chi connectivity index (χ4n) is 3.15. The second kappa shape index (κ2) is 9.86. The Hall–Kier alpha value is -4.33. The number of anilines is 1. The van der Waals surface area contributed by atoms with E-state index in [9.17, 15) is 4.79 Å². The second-order valence-corrected chi connectivity index (χ2v) is 7.19. The Kier molecular flexibility index (Phi) is 6.54. The predicted octanol–water partition coefficient (Wildman–Crippen LogP) is 4.75. The quantitative estimate of drug-likeness (QED) is 0.418. The van der Waals surface area contributed by atoms with E-state index in [1.807, 2.05) is 37.3 Å². The molecule has 168 valence electrons. The molecule has 4 aromatic rings. The van der Waals surface area contributed by atoms with Crippen LogP contribution in [-0.2, 0) is 4.79 Å². The third-order valence-electron chi connectivity index (χ3n) is 4.89. The number of carbonyl (C=O) groups excluding carboxylic acids is 1. The van der Waals surface area contributed by atoms with E-state index < -0.39 is 0 Å². The van der Waals surface area contributed by atoms with E-state index >= 15 is 0 Å². The third kappa shape index (κ3) is 5.12. The summed E-state index contributed by atoms with van der Waals surface area (Å²) in [6.07, 6.45) is 0. The Morgan fingerprint density at radius 2 is 1.76 bits per heavy atom. The van der Waals surface area contributed by atoms with Gasteiger partial charge in [0.1, 0.15) is 17.2 Å². The fourth-order valence-corrected chi connectivity index (χ4v) is 3.15. The van der Waals surface area contributed by atoms with Gasteiger partial charge in [0.25, 0.3) is 11.8 Å². The van der Waals surface area contributed by atoms with Crippen LogP contribution in [0.1, 0.15) is 5.56 Å². The lowest BCUT2D eigenvalue weighted by Gasteiger charge is -2.13. The molecular weight excluding hydrogens is 422 g/mol. The van der Waals surface area contributed by atoms with Gasteiger partial charge in [0.2, 0.25) is 5.82 Å². The van der Waals surface area contributed by atoms with Crippen LogP contribution in [0.3, 0.4) is 0 Å². The van der Waals surface area contributed by atoms with Gasteiger partial charge in [-0.2, -0.15) is 4.98 Å². The standard InChI is InChI=1S/C25H23N3O5/c1-16-8-10-17(11-9-16)24-27-25(33-28-24)19-6-4-5-7-21(19)32-15-23(29)26-20-13-12-18(30-2)14-22(20)31-3/h4-14H,15H2,1-3H3,(H,26,29). The van der Waals surface area contributed by atoms with Gasteiger partial charge in [-0.25, -0.2) is 0 Å². The Bertz CT molecular complexity index is 1250. The Morgan fingerprint density at radius 3 is 2.52 bits per heavy atom. The van der Waals surface area contributed by atoms with E-state index in [0.29, 0.717) is 40.2 Å². The molecule has 0 bridgehead atoms. The maximum Gasteiger partial charge on any atom is 0.262 e. The Morgan fingerprint density at radius 1 is 0.970 bits per heavy atom. The van der Waals surface area contributed by atoms with Crippen LogP contribution < -0.4 is 19.5 Å². The van der Waals surface area contributed by atoms with Crippen LogP contribution in [0.2, 0.25) is 0 Å². The highest BCUT2D eigenvalue weighted by atomic mass is 16.5. The SMILES string of the molecule is COc1ccc(NC(=O)COc2ccccc2-c2nc(-c3ccc(C)cc3)no2)c(OC)c1. The summed E-state index contributed by atoms with van der Waals surface area (Å²) in [6.45, 7) is 1.80. The zero-order valence-electron chi connectivity index (χ0n) is 18.5. The van der Waals surface area contributed by atoms with Crippen LogP contribution in [0, 0.1) is 6.92 Å². The summed E-state index contributed by atoms with van der Waals surface area (Å²) >= 11 is 0. The molecule has 3 aromatic carbocycles. The van der Waals surface area contributed by atoms with E-state index in [-0.39, 0.29) is 12.5 Å². The largest absolute Gasteiger partial charge is 0.497 e. The molecule has 0 atom stereocenters. The van der Waals surface area contributed by atoms with Gasteiger partial charge in [0.05, 0.1) is 25.5 Å². The average molecular weight is 445 g/mol. The summed E-state index contributed by atoms with van der Waals surface area (Å²) in [6, 6.07) is 20.1. The molecular formula is C25H23N3O5. The van der Waals surface area contributed by atoms with Gasteiger partial charge in [0.15, 0.2) is 6.61 Å². The highest BCUT2D eigenvalue weighted by Crippen LogP contribution is 2.31. The van der Waals surface area contributed by atoms with Crippen molar-refractivity contribution in [1.29, 1.82) is 0 Å². The Balaban J connectivity index is 1.46. The lowest BCUT2D eigenvalue weighted by molar-refractivity contribution is -0.118. The third-order valence-corrected chi connectivity index (χ3v) is 4.89. The van der Waals surface area contributed by atoms with Gasteiger partial charge >= 0.3 is 0 Å². The second-order valence-electron chi connectivity index (χ2n) is 7.19. The van der Waals surface area contributed by atoms with Crippen LogP contribution in [0.4, 0.5) is 5.69 Å². The lowest BCUT2D eigenvalue weighted by atomic mass is 10.1. The molecule has 1 heterocycles. The molecule has 0 saturated carbocycles. The average Bonchev–Trinajstić information content (AvgIpc) is 3.34. The van der Waals surface area contributed by atoms with Crippen molar-refractivity contribution in [3.8, 4) is 40.1 Å². The molecule has 0 unspecified atom stereocenters. The highest BCUT2D eigenvalue weighted by molar-refractivity contribution is 5.93. The van der Waals surface area contributed by atoms with E-state index in [1.165, 1.54) is 7.11 Å². The van der Waals surface area contributed by atoms with E-state index in [4.69, 9.17) is 18.7 Å². The number of nitrogens with one attached hydrogen (secondary N) is 1. The van der Waals surface area contributed by atoms with Crippen LogP contribution >= 0.6 is 0 Å². The number of aryl methyl sites for hydroxylation is 1. The minimum absolute atomic E-state index is 0.217. The summed E-state index contributed by atoms with van der Waals surface area (Å²) in [5, 5.41) is 6.85. The number of methoxy groups -OCH3 is 2. The van der Waals surface area contributed by atoms with Gasteiger partial charge in [-0.1, -0.05) is 47.1 Å². The van der Waals surface area contributed by atoms with Gasteiger partial charge in [-0.15, -0.1) is 0 Å². The van der Waals surface area contributed by atoms with Crippen LogP contribution in [-0.4, -0.2) is 36.9 Å². The van der Waals surface area contributed by atoms with E-state index in [2.05, 4.69) is 15.5 Å². The van der Waals surface area contributed by atoms with Crippen molar-refractivity contribution in [2.75, 3.05) is 26.1 Å². The molecule has 0 aliphatic rings. The van der Waals surface area contributed by atoms with Crippen molar-refractivity contribution in [1.82, 2.24) is 10.1 Å². The first-order valence-electron chi connectivity index (χ1n) is 10.2. The Labute approximate surface area is 191 Å². The van der Waals surface area contributed by atoms with Crippen LogP contribution in [0.15, 0.2) is 71.3 Å². The topological polar surface area (TPSA) is 95.7 Å². The van der Waals surface area contributed by atoms with E-state index in [1.54, 1.807) is 43.5 Å².